The van der Waals surface area contributed by atoms with E-state index in [0.717, 1.165) is 36.9 Å². The Hall–Kier alpha value is -0.0800. The fraction of sp³-hybridized carbons (Fsp3) is 1.00. The second-order valence-electron chi connectivity index (χ2n) is 6.17. The Labute approximate surface area is 102 Å². The highest BCUT2D eigenvalue weighted by Gasteiger charge is 2.30. The maximum Gasteiger partial charge on any atom is 0.00922 e. The molecule has 2 heteroatoms. The molecule has 0 bridgehead atoms. The van der Waals surface area contributed by atoms with Crippen LogP contribution in [-0.2, 0) is 0 Å². The van der Waals surface area contributed by atoms with Gasteiger partial charge in [0.05, 0.1) is 0 Å². The van der Waals surface area contributed by atoms with Gasteiger partial charge in [0, 0.05) is 12.6 Å². The molecule has 2 nitrogen and oxygen atoms in total. The molecule has 0 heterocycles. The first kappa shape index (κ1) is 14.0. The largest absolute Gasteiger partial charge is 0.316 e. The molecule has 0 spiro atoms. The van der Waals surface area contributed by atoms with Crippen LogP contribution >= 0.6 is 0 Å². The summed E-state index contributed by atoms with van der Waals surface area (Å²) < 4.78 is 0. The maximum atomic E-state index is 3.55. The smallest absolute Gasteiger partial charge is 0.00922 e. The normalized spacial score (nSPS) is 20.4. The highest BCUT2D eigenvalue weighted by molar-refractivity contribution is 4.84. The number of hydrogen-bond donors (Lipinski definition) is 1. The number of nitrogens with zero attached hydrogens (tertiary/aromatic N) is 1. The predicted molar refractivity (Wildman–Crippen MR) is 71.7 cm³/mol. The minimum Gasteiger partial charge on any atom is -0.316 e. The number of hydrogen-bond acceptors (Lipinski definition) is 2. The second-order valence-corrected chi connectivity index (χ2v) is 6.17. The summed E-state index contributed by atoms with van der Waals surface area (Å²) in [6.45, 7) is 12.8. The third-order valence-corrected chi connectivity index (χ3v) is 3.64. The molecule has 0 aromatic heterocycles. The molecule has 1 fully saturated rings. The Morgan fingerprint density at radius 1 is 1.12 bits per heavy atom. The van der Waals surface area contributed by atoms with E-state index in [0.29, 0.717) is 0 Å². The van der Waals surface area contributed by atoms with Crippen molar-refractivity contribution in [2.24, 2.45) is 17.8 Å². The molecule has 2 atom stereocenters. The van der Waals surface area contributed by atoms with E-state index in [4.69, 9.17) is 0 Å². The predicted octanol–water partition coefficient (Wildman–Crippen LogP) is 2.60. The van der Waals surface area contributed by atoms with Gasteiger partial charge in [-0.05, 0) is 57.7 Å². The van der Waals surface area contributed by atoms with E-state index in [-0.39, 0.29) is 0 Å². The quantitative estimate of drug-likeness (QED) is 0.684. The van der Waals surface area contributed by atoms with Crippen LogP contribution in [0.4, 0.5) is 0 Å². The lowest BCUT2D eigenvalue weighted by Crippen LogP contribution is -2.37. The molecule has 96 valence electrons. The van der Waals surface area contributed by atoms with Gasteiger partial charge in [0.25, 0.3) is 0 Å². The third kappa shape index (κ3) is 5.31. The van der Waals surface area contributed by atoms with Crippen LogP contribution in [0, 0.1) is 17.8 Å². The second kappa shape index (κ2) is 6.61. The van der Waals surface area contributed by atoms with Gasteiger partial charge in [-0.3, -0.25) is 0 Å². The van der Waals surface area contributed by atoms with Gasteiger partial charge in [-0.15, -0.1) is 0 Å². The van der Waals surface area contributed by atoms with Gasteiger partial charge in [0.1, 0.15) is 0 Å². The van der Waals surface area contributed by atoms with Gasteiger partial charge in [-0.25, -0.2) is 0 Å². The Morgan fingerprint density at radius 3 is 2.25 bits per heavy atom. The van der Waals surface area contributed by atoms with E-state index in [1.807, 2.05) is 0 Å². The molecule has 2 unspecified atom stereocenters. The van der Waals surface area contributed by atoms with Crippen LogP contribution in [0.25, 0.3) is 0 Å². The number of nitrogens with one attached hydrogen (secondary N) is 1. The molecule has 1 aliphatic carbocycles. The van der Waals surface area contributed by atoms with E-state index in [2.05, 4.69) is 45.0 Å². The Morgan fingerprint density at radius 2 is 1.75 bits per heavy atom. The maximum absolute atomic E-state index is 3.55. The van der Waals surface area contributed by atoms with Crippen LogP contribution < -0.4 is 5.32 Å². The van der Waals surface area contributed by atoms with Crippen LogP contribution in [0.15, 0.2) is 0 Å². The summed E-state index contributed by atoms with van der Waals surface area (Å²) in [4.78, 5) is 2.54. The molecule has 1 aliphatic rings. The van der Waals surface area contributed by atoms with Crippen molar-refractivity contribution in [1.82, 2.24) is 10.2 Å². The lowest BCUT2D eigenvalue weighted by Gasteiger charge is -2.27. The van der Waals surface area contributed by atoms with Gasteiger partial charge in [-0.1, -0.05) is 20.8 Å². The first-order chi connectivity index (χ1) is 7.50. The summed E-state index contributed by atoms with van der Waals surface area (Å²) in [6.07, 6.45) is 2.90. The van der Waals surface area contributed by atoms with Crippen LogP contribution in [0.1, 0.15) is 40.5 Å². The zero-order valence-electron chi connectivity index (χ0n) is 11.8. The first-order valence-electron chi connectivity index (χ1n) is 6.91. The average molecular weight is 226 g/mol. The van der Waals surface area contributed by atoms with Gasteiger partial charge in [0.2, 0.25) is 0 Å². The summed E-state index contributed by atoms with van der Waals surface area (Å²) in [5.41, 5.74) is 0. The molecule has 0 radical (unpaired) electrons. The Balaban J connectivity index is 2.09. The van der Waals surface area contributed by atoms with Crippen LogP contribution in [0.5, 0.6) is 0 Å². The van der Waals surface area contributed by atoms with Gasteiger partial charge >= 0.3 is 0 Å². The molecule has 0 aliphatic heterocycles. The van der Waals surface area contributed by atoms with Crippen molar-refractivity contribution in [1.29, 1.82) is 0 Å². The summed E-state index contributed by atoms with van der Waals surface area (Å²) in [6, 6.07) is 0.785. The third-order valence-electron chi connectivity index (χ3n) is 3.64. The summed E-state index contributed by atoms with van der Waals surface area (Å²) >= 11 is 0. The first-order valence-corrected chi connectivity index (χ1v) is 6.91. The van der Waals surface area contributed by atoms with E-state index in [9.17, 15) is 0 Å². The van der Waals surface area contributed by atoms with Crippen LogP contribution in [-0.4, -0.2) is 37.6 Å². The monoisotopic (exact) mass is 226 g/mol. The fourth-order valence-electron chi connectivity index (χ4n) is 2.28. The van der Waals surface area contributed by atoms with E-state index in [1.54, 1.807) is 0 Å². The topological polar surface area (TPSA) is 15.3 Å². The number of rotatable bonds is 8. The lowest BCUT2D eigenvalue weighted by molar-refractivity contribution is 0.203. The minimum absolute atomic E-state index is 0.755. The van der Waals surface area contributed by atoms with E-state index in [1.165, 1.54) is 19.4 Å². The average Bonchev–Trinajstić information content (AvgIpc) is 2.98. The van der Waals surface area contributed by atoms with E-state index >= 15 is 0 Å². The van der Waals surface area contributed by atoms with Crippen LogP contribution in [0.2, 0.25) is 0 Å². The van der Waals surface area contributed by atoms with Crippen molar-refractivity contribution in [3.63, 3.8) is 0 Å². The van der Waals surface area contributed by atoms with Gasteiger partial charge in [-0.2, -0.15) is 0 Å². The lowest BCUT2D eigenvalue weighted by atomic mass is 10.1. The van der Waals surface area contributed by atoms with Crippen molar-refractivity contribution in [2.45, 2.75) is 46.6 Å². The SMILES string of the molecule is CC(C)CNCC(C)CN(C)C(C)C1CC1. The standard InChI is InChI=1S/C14H30N2/c1-11(2)8-15-9-12(3)10-16(5)13(4)14-6-7-14/h11-15H,6-10H2,1-5H3. The molecule has 0 aromatic rings. The summed E-state index contributed by atoms with van der Waals surface area (Å²) in [5, 5.41) is 3.55. The minimum atomic E-state index is 0.755. The zero-order valence-corrected chi connectivity index (χ0v) is 11.8. The molecule has 1 N–H and O–H groups in total. The summed E-state index contributed by atoms with van der Waals surface area (Å²) in [7, 11) is 2.28. The fourth-order valence-corrected chi connectivity index (χ4v) is 2.28. The molecule has 0 saturated heterocycles. The zero-order chi connectivity index (χ0) is 12.1. The van der Waals surface area contributed by atoms with E-state index < -0.39 is 0 Å². The van der Waals surface area contributed by atoms with Crippen molar-refractivity contribution in [2.75, 3.05) is 26.7 Å². The van der Waals surface area contributed by atoms with Gasteiger partial charge < -0.3 is 10.2 Å². The van der Waals surface area contributed by atoms with Gasteiger partial charge in [0.15, 0.2) is 0 Å². The molecule has 1 saturated carbocycles. The highest BCUT2D eigenvalue weighted by atomic mass is 15.1. The molecule has 0 amide bonds. The van der Waals surface area contributed by atoms with Crippen molar-refractivity contribution >= 4 is 0 Å². The molecule has 0 aromatic carbocycles. The van der Waals surface area contributed by atoms with Crippen LogP contribution in [0.3, 0.4) is 0 Å². The Kier molecular flexibility index (Phi) is 5.77. The molecule has 1 rings (SSSR count). The molecular formula is C14H30N2. The van der Waals surface area contributed by atoms with Crippen molar-refractivity contribution < 1.29 is 0 Å². The highest BCUT2D eigenvalue weighted by Crippen LogP contribution is 2.34. The Bertz CT molecular complexity index is 187. The molecule has 16 heavy (non-hydrogen) atoms. The van der Waals surface area contributed by atoms with Crippen molar-refractivity contribution in [3.05, 3.63) is 0 Å². The molecular weight excluding hydrogens is 196 g/mol. The summed E-state index contributed by atoms with van der Waals surface area (Å²) in [5.74, 6) is 2.50. The van der Waals surface area contributed by atoms with Crippen molar-refractivity contribution in [3.8, 4) is 0 Å².